The summed E-state index contributed by atoms with van der Waals surface area (Å²) in [5, 5.41) is 12.3. The molecule has 1 aliphatic heterocycles. The Labute approximate surface area is 125 Å². The van der Waals surface area contributed by atoms with Crippen LogP contribution in [-0.4, -0.2) is 22.6 Å². The number of fused-ring (bicyclic) bond motifs is 1. The molecule has 0 bridgehead atoms. The molecule has 4 nitrogen and oxygen atoms in total. The van der Waals surface area contributed by atoms with Gasteiger partial charge in [-0.15, -0.1) is 11.3 Å². The average molecular weight is 308 g/mol. The first-order valence-corrected chi connectivity index (χ1v) is 8.30. The molecule has 106 valence electrons. The smallest absolute Gasteiger partial charge is 0.347 e. The minimum atomic E-state index is -0.870. The molecule has 0 amide bonds. The number of carboxylic acid groups (broad SMARTS) is 1. The molecule has 0 unspecified atom stereocenters. The van der Waals surface area contributed by atoms with E-state index >= 15 is 0 Å². The molecule has 2 aromatic heterocycles. The van der Waals surface area contributed by atoms with Crippen LogP contribution in [0.3, 0.4) is 0 Å². The second-order valence-electron chi connectivity index (χ2n) is 5.21. The van der Waals surface area contributed by atoms with Crippen LogP contribution in [0.15, 0.2) is 11.4 Å². The van der Waals surface area contributed by atoms with Gasteiger partial charge in [-0.2, -0.15) is 0 Å². The fraction of sp³-hybridized carbons (Fsp3) is 0.429. The third-order valence-electron chi connectivity index (χ3n) is 3.46. The van der Waals surface area contributed by atoms with E-state index in [1.807, 2.05) is 13.8 Å². The number of anilines is 1. The molecule has 0 saturated heterocycles. The summed E-state index contributed by atoms with van der Waals surface area (Å²) in [6.45, 7) is 5.72. The van der Waals surface area contributed by atoms with Crippen LogP contribution in [0.5, 0.6) is 0 Å². The van der Waals surface area contributed by atoms with Gasteiger partial charge >= 0.3 is 5.97 Å². The van der Waals surface area contributed by atoms with Gasteiger partial charge in [0.1, 0.15) is 4.88 Å². The number of nitrogens with zero attached hydrogens (tertiary/aromatic N) is 2. The zero-order chi connectivity index (χ0) is 14.3. The van der Waals surface area contributed by atoms with Crippen LogP contribution < -0.4 is 4.90 Å². The Morgan fingerprint density at radius 3 is 2.95 bits per heavy atom. The van der Waals surface area contributed by atoms with Crippen molar-refractivity contribution in [1.29, 1.82) is 0 Å². The van der Waals surface area contributed by atoms with Gasteiger partial charge in [0.25, 0.3) is 0 Å². The summed E-state index contributed by atoms with van der Waals surface area (Å²) in [6.07, 6.45) is 1.02. The molecule has 3 rings (SSSR count). The molecule has 0 aliphatic carbocycles. The maximum atomic E-state index is 11.3. The van der Waals surface area contributed by atoms with Gasteiger partial charge in [-0.25, -0.2) is 9.78 Å². The minimum Gasteiger partial charge on any atom is -0.477 e. The van der Waals surface area contributed by atoms with E-state index in [1.165, 1.54) is 21.8 Å². The molecule has 1 N–H and O–H groups in total. The highest BCUT2D eigenvalue weighted by Gasteiger charge is 2.25. The Hall–Kier alpha value is -1.40. The van der Waals surface area contributed by atoms with Crippen LogP contribution in [0.2, 0.25) is 0 Å². The fourth-order valence-electron chi connectivity index (χ4n) is 2.41. The van der Waals surface area contributed by atoms with Crippen molar-refractivity contribution in [1.82, 2.24) is 4.98 Å². The van der Waals surface area contributed by atoms with Crippen molar-refractivity contribution in [3.63, 3.8) is 0 Å². The number of hydrogen-bond donors (Lipinski definition) is 1. The van der Waals surface area contributed by atoms with Crippen LogP contribution in [0.25, 0.3) is 0 Å². The molecule has 0 atom stereocenters. The maximum absolute atomic E-state index is 11.3. The van der Waals surface area contributed by atoms with Crippen LogP contribution in [0.4, 0.5) is 5.13 Å². The standard InChI is InChI=1S/C14H16N2O2S2/c1-8(2)11-12(13(17)18)20-14(15-11)16-5-3-10-9(7-16)4-6-19-10/h4,6,8H,3,5,7H2,1-2H3,(H,17,18). The number of carboxylic acids is 1. The summed E-state index contributed by atoms with van der Waals surface area (Å²) in [7, 11) is 0. The minimum absolute atomic E-state index is 0.132. The lowest BCUT2D eigenvalue weighted by atomic mass is 10.1. The summed E-state index contributed by atoms with van der Waals surface area (Å²) < 4.78 is 0. The van der Waals surface area contributed by atoms with Crippen LogP contribution in [0, 0.1) is 0 Å². The van der Waals surface area contributed by atoms with Crippen molar-refractivity contribution < 1.29 is 9.90 Å². The van der Waals surface area contributed by atoms with Crippen LogP contribution in [-0.2, 0) is 13.0 Å². The lowest BCUT2D eigenvalue weighted by molar-refractivity contribution is 0.0700. The molecule has 0 saturated carbocycles. The summed E-state index contributed by atoms with van der Waals surface area (Å²) in [4.78, 5) is 19.9. The van der Waals surface area contributed by atoms with Crippen molar-refractivity contribution >= 4 is 33.8 Å². The van der Waals surface area contributed by atoms with Gasteiger partial charge in [-0.3, -0.25) is 0 Å². The van der Waals surface area contributed by atoms with Gasteiger partial charge in [0.05, 0.1) is 5.69 Å². The molecule has 1 aliphatic rings. The molecular weight excluding hydrogens is 292 g/mol. The Morgan fingerprint density at radius 2 is 2.30 bits per heavy atom. The first-order chi connectivity index (χ1) is 9.56. The van der Waals surface area contributed by atoms with E-state index in [0.29, 0.717) is 10.6 Å². The van der Waals surface area contributed by atoms with E-state index < -0.39 is 5.97 Å². The summed E-state index contributed by atoms with van der Waals surface area (Å²) in [5.74, 6) is -0.738. The summed E-state index contributed by atoms with van der Waals surface area (Å²) in [6, 6.07) is 2.15. The van der Waals surface area contributed by atoms with Gasteiger partial charge in [0.2, 0.25) is 0 Å². The van der Waals surface area contributed by atoms with E-state index in [4.69, 9.17) is 0 Å². The predicted molar refractivity (Wildman–Crippen MR) is 82.2 cm³/mol. The molecule has 6 heteroatoms. The zero-order valence-corrected chi connectivity index (χ0v) is 13.1. The molecule has 3 heterocycles. The van der Waals surface area contributed by atoms with Gasteiger partial charge in [-0.1, -0.05) is 25.2 Å². The number of thiazole rings is 1. The molecule has 2 aromatic rings. The average Bonchev–Trinajstić information content (AvgIpc) is 3.04. The molecule has 0 fully saturated rings. The van der Waals surface area contributed by atoms with Gasteiger partial charge in [0.15, 0.2) is 5.13 Å². The third-order valence-corrected chi connectivity index (χ3v) is 5.60. The molecule has 20 heavy (non-hydrogen) atoms. The highest BCUT2D eigenvalue weighted by molar-refractivity contribution is 7.17. The Balaban J connectivity index is 1.92. The Kier molecular flexibility index (Phi) is 3.52. The number of aromatic carboxylic acids is 1. The predicted octanol–water partition coefficient (Wildman–Crippen LogP) is 3.59. The summed E-state index contributed by atoms with van der Waals surface area (Å²) in [5.41, 5.74) is 2.05. The van der Waals surface area contributed by atoms with E-state index in [9.17, 15) is 9.90 Å². The van der Waals surface area contributed by atoms with Gasteiger partial charge in [0, 0.05) is 18.0 Å². The van der Waals surface area contributed by atoms with E-state index in [0.717, 1.165) is 24.6 Å². The van der Waals surface area contributed by atoms with Crippen molar-refractivity contribution in [2.24, 2.45) is 0 Å². The highest BCUT2D eigenvalue weighted by Crippen LogP contribution is 2.34. The topological polar surface area (TPSA) is 53.4 Å². The van der Waals surface area contributed by atoms with Gasteiger partial charge in [-0.05, 0) is 29.3 Å². The molecule has 0 radical (unpaired) electrons. The number of aromatic nitrogens is 1. The quantitative estimate of drug-likeness (QED) is 0.941. The first kappa shape index (κ1) is 13.6. The van der Waals surface area contributed by atoms with Crippen molar-refractivity contribution in [2.75, 3.05) is 11.4 Å². The number of thiophene rings is 1. The van der Waals surface area contributed by atoms with E-state index in [1.54, 1.807) is 11.3 Å². The van der Waals surface area contributed by atoms with Crippen molar-refractivity contribution in [3.8, 4) is 0 Å². The van der Waals surface area contributed by atoms with E-state index in [2.05, 4.69) is 21.3 Å². The Bertz CT molecular complexity index is 645. The second-order valence-corrected chi connectivity index (χ2v) is 7.19. The Morgan fingerprint density at radius 1 is 1.50 bits per heavy atom. The van der Waals surface area contributed by atoms with Crippen LogP contribution in [0.1, 0.15) is 45.6 Å². The van der Waals surface area contributed by atoms with E-state index in [-0.39, 0.29) is 5.92 Å². The maximum Gasteiger partial charge on any atom is 0.347 e. The van der Waals surface area contributed by atoms with Gasteiger partial charge < -0.3 is 10.0 Å². The second kappa shape index (κ2) is 5.18. The third kappa shape index (κ3) is 2.33. The monoisotopic (exact) mass is 308 g/mol. The number of hydrogen-bond acceptors (Lipinski definition) is 5. The lowest BCUT2D eigenvalue weighted by Gasteiger charge is -2.26. The van der Waals surface area contributed by atoms with Crippen molar-refractivity contribution in [2.45, 2.75) is 32.7 Å². The normalized spacial score (nSPS) is 14.7. The first-order valence-electron chi connectivity index (χ1n) is 6.60. The fourth-order valence-corrected chi connectivity index (χ4v) is 4.39. The number of rotatable bonds is 3. The molecule has 0 aromatic carbocycles. The SMILES string of the molecule is CC(C)c1nc(N2CCc3sccc3C2)sc1C(=O)O. The molecular formula is C14H16N2O2S2. The summed E-state index contributed by atoms with van der Waals surface area (Å²) >= 11 is 3.10. The molecule has 0 spiro atoms. The zero-order valence-electron chi connectivity index (χ0n) is 11.4. The highest BCUT2D eigenvalue weighted by atomic mass is 32.1. The van der Waals surface area contributed by atoms with Crippen LogP contribution >= 0.6 is 22.7 Å². The largest absolute Gasteiger partial charge is 0.477 e. The lowest BCUT2D eigenvalue weighted by Crippen LogP contribution is -2.29. The van der Waals surface area contributed by atoms with Crippen molar-refractivity contribution in [3.05, 3.63) is 32.5 Å². The number of carbonyl (C=O) groups is 1.